The van der Waals surface area contributed by atoms with Gasteiger partial charge in [-0.1, -0.05) is 24.6 Å². The molecule has 0 radical (unpaired) electrons. The summed E-state index contributed by atoms with van der Waals surface area (Å²) in [6.07, 6.45) is 10.8. The highest BCUT2D eigenvalue weighted by molar-refractivity contribution is 7.99. The summed E-state index contributed by atoms with van der Waals surface area (Å²) in [6, 6.07) is 3.93. The molecule has 4 aromatic rings. The molecule has 3 aromatic heterocycles. The minimum absolute atomic E-state index is 0.470. The predicted molar refractivity (Wildman–Crippen MR) is 133 cm³/mol. The van der Waals surface area contributed by atoms with Crippen LogP contribution in [0.4, 0.5) is 28.8 Å². The van der Waals surface area contributed by atoms with E-state index in [1.165, 1.54) is 0 Å². The van der Waals surface area contributed by atoms with Crippen LogP contribution in [-0.4, -0.2) is 43.0 Å². The Morgan fingerprint density at radius 2 is 1.97 bits per heavy atom. The number of aromatic nitrogens is 6. The highest BCUT2D eigenvalue weighted by atomic mass is 32.2. The second-order valence-electron chi connectivity index (χ2n) is 7.00. The maximum absolute atomic E-state index is 4.71. The van der Waals surface area contributed by atoms with Crippen LogP contribution in [0, 0.1) is 6.92 Å². The first-order valence-electron chi connectivity index (χ1n) is 10.1. The Labute approximate surface area is 191 Å². The van der Waals surface area contributed by atoms with Crippen molar-refractivity contribution in [2.75, 3.05) is 28.2 Å². The summed E-state index contributed by atoms with van der Waals surface area (Å²) in [4.78, 5) is 18.1. The van der Waals surface area contributed by atoms with Crippen molar-refractivity contribution in [3.05, 3.63) is 54.8 Å². The van der Waals surface area contributed by atoms with Gasteiger partial charge in [0.25, 0.3) is 0 Å². The number of nitrogens with zero attached hydrogens (tertiary/aromatic N) is 7. The van der Waals surface area contributed by atoms with E-state index >= 15 is 0 Å². The molecule has 0 fully saturated rings. The molecule has 0 unspecified atom stereocenters. The predicted octanol–water partition coefficient (Wildman–Crippen LogP) is 4.79. The second-order valence-corrected chi connectivity index (χ2v) is 7.91. The van der Waals surface area contributed by atoms with Gasteiger partial charge in [-0.05, 0) is 26.0 Å². The summed E-state index contributed by atoms with van der Waals surface area (Å²) < 4.78 is 3.92. The zero-order valence-corrected chi connectivity index (χ0v) is 19.3. The molecule has 9 nitrogen and oxygen atoms in total. The molecule has 0 atom stereocenters. The Kier molecular flexibility index (Phi) is 6.22. The molecule has 4 rings (SSSR count). The van der Waals surface area contributed by atoms with E-state index < -0.39 is 0 Å². The lowest BCUT2D eigenvalue weighted by Crippen LogP contribution is -2.11. The fourth-order valence-corrected chi connectivity index (χ4v) is 3.65. The van der Waals surface area contributed by atoms with Gasteiger partial charge in [0.15, 0.2) is 0 Å². The van der Waals surface area contributed by atoms with Gasteiger partial charge >= 0.3 is 0 Å². The van der Waals surface area contributed by atoms with Crippen LogP contribution < -0.4 is 14.9 Å². The molecule has 10 heteroatoms. The first kappa shape index (κ1) is 21.6. The van der Waals surface area contributed by atoms with Gasteiger partial charge in [0.2, 0.25) is 5.95 Å². The highest BCUT2D eigenvalue weighted by Crippen LogP contribution is 2.36. The minimum atomic E-state index is 0.470. The number of anilines is 5. The Bertz CT molecular complexity index is 1270. The topological polar surface area (TPSA) is 96.7 Å². The molecule has 0 aliphatic carbocycles. The number of benzene rings is 1. The summed E-state index contributed by atoms with van der Waals surface area (Å²) in [5.41, 5.74) is 5.95. The van der Waals surface area contributed by atoms with Gasteiger partial charge in [-0.25, -0.2) is 4.98 Å². The van der Waals surface area contributed by atoms with Crippen LogP contribution in [-0.2, 0) is 6.54 Å². The average Bonchev–Trinajstić information content (AvgIpc) is 3.18. The van der Waals surface area contributed by atoms with E-state index in [-0.39, 0.29) is 0 Å². The lowest BCUT2D eigenvalue weighted by molar-refractivity contribution is 0.653. The van der Waals surface area contributed by atoms with Crippen molar-refractivity contribution >= 4 is 57.9 Å². The Morgan fingerprint density at radius 3 is 2.69 bits per heavy atom. The fourth-order valence-electron chi connectivity index (χ4n) is 3.28. The number of rotatable bonds is 8. The van der Waals surface area contributed by atoms with Gasteiger partial charge in [-0.2, -0.15) is 10.1 Å². The van der Waals surface area contributed by atoms with Gasteiger partial charge in [0.1, 0.15) is 11.3 Å². The van der Waals surface area contributed by atoms with Crippen molar-refractivity contribution in [3.63, 3.8) is 0 Å². The molecule has 0 bridgehead atoms. The van der Waals surface area contributed by atoms with E-state index in [9.17, 15) is 0 Å². The standard InChI is InChI=1S/C22H25N9S/c1-6-15-12-25-22(27-18-13-31(7-2)29-14(18)3)28-21(15)26-17-9-8-16-19(24-11-10-23-16)20(17)30(4)32-5/h6,8-13H,1,7H2,2-5H3,(H2,25,26,27,28). The van der Waals surface area contributed by atoms with Crippen molar-refractivity contribution < 1.29 is 0 Å². The lowest BCUT2D eigenvalue weighted by atomic mass is 10.2. The van der Waals surface area contributed by atoms with Crippen LogP contribution in [0.1, 0.15) is 18.2 Å². The van der Waals surface area contributed by atoms with Gasteiger partial charge in [-0.3, -0.25) is 14.6 Å². The third-order valence-corrected chi connectivity index (χ3v) is 5.74. The van der Waals surface area contributed by atoms with Crippen molar-refractivity contribution in [1.29, 1.82) is 0 Å². The number of hydrogen-bond acceptors (Lipinski definition) is 9. The van der Waals surface area contributed by atoms with Gasteiger partial charge < -0.3 is 14.9 Å². The van der Waals surface area contributed by atoms with Crippen LogP contribution in [0.25, 0.3) is 17.1 Å². The van der Waals surface area contributed by atoms with Crippen molar-refractivity contribution in [1.82, 2.24) is 29.7 Å². The summed E-state index contributed by atoms with van der Waals surface area (Å²) in [5.74, 6) is 1.11. The second kappa shape index (κ2) is 9.23. The molecule has 0 saturated heterocycles. The monoisotopic (exact) mass is 447 g/mol. The zero-order chi connectivity index (χ0) is 22.7. The van der Waals surface area contributed by atoms with Crippen LogP contribution in [0.15, 0.2) is 43.5 Å². The van der Waals surface area contributed by atoms with Crippen molar-refractivity contribution in [2.24, 2.45) is 0 Å². The first-order chi connectivity index (χ1) is 15.5. The average molecular weight is 448 g/mol. The number of hydrogen-bond donors (Lipinski definition) is 2. The Balaban J connectivity index is 1.74. The third kappa shape index (κ3) is 4.22. The summed E-state index contributed by atoms with van der Waals surface area (Å²) in [5, 5.41) is 11.2. The summed E-state index contributed by atoms with van der Waals surface area (Å²) in [6.45, 7) is 8.70. The fraction of sp³-hybridized carbons (Fsp3) is 0.227. The zero-order valence-electron chi connectivity index (χ0n) is 18.5. The molecule has 3 heterocycles. The third-order valence-electron chi connectivity index (χ3n) is 5.01. The number of fused-ring (bicyclic) bond motifs is 1. The van der Waals surface area contributed by atoms with Crippen molar-refractivity contribution in [2.45, 2.75) is 20.4 Å². The molecule has 32 heavy (non-hydrogen) atoms. The van der Waals surface area contributed by atoms with Crippen LogP contribution in [0.5, 0.6) is 0 Å². The van der Waals surface area contributed by atoms with E-state index in [1.807, 2.05) is 50.2 Å². The number of aryl methyl sites for hydroxylation is 2. The van der Waals surface area contributed by atoms with E-state index in [1.54, 1.807) is 36.6 Å². The summed E-state index contributed by atoms with van der Waals surface area (Å²) >= 11 is 1.59. The highest BCUT2D eigenvalue weighted by Gasteiger charge is 2.16. The lowest BCUT2D eigenvalue weighted by Gasteiger charge is -2.22. The normalized spacial score (nSPS) is 10.9. The SMILES string of the molecule is C=Cc1cnc(Nc2cn(CC)nc2C)nc1Nc1ccc2nccnc2c1N(C)SC. The van der Waals surface area contributed by atoms with Gasteiger partial charge in [-0.15, -0.1) is 0 Å². The molecular formula is C22H25N9S. The van der Waals surface area contributed by atoms with E-state index in [0.29, 0.717) is 11.8 Å². The maximum atomic E-state index is 4.71. The largest absolute Gasteiger partial charge is 0.338 e. The van der Waals surface area contributed by atoms with Crippen LogP contribution in [0.2, 0.25) is 0 Å². The molecule has 1 aromatic carbocycles. The first-order valence-corrected chi connectivity index (χ1v) is 11.3. The van der Waals surface area contributed by atoms with Crippen LogP contribution >= 0.6 is 11.9 Å². The molecule has 164 valence electrons. The minimum Gasteiger partial charge on any atom is -0.338 e. The molecule has 0 spiro atoms. The molecule has 0 aliphatic rings. The molecule has 0 saturated carbocycles. The van der Waals surface area contributed by atoms with E-state index in [2.05, 4.69) is 41.6 Å². The summed E-state index contributed by atoms with van der Waals surface area (Å²) in [7, 11) is 1.99. The molecule has 2 N–H and O–H groups in total. The van der Waals surface area contributed by atoms with E-state index in [4.69, 9.17) is 4.98 Å². The number of nitrogens with one attached hydrogen (secondary N) is 2. The van der Waals surface area contributed by atoms with Gasteiger partial charge in [0, 0.05) is 50.2 Å². The quantitative estimate of drug-likeness (QED) is 0.370. The molecule has 0 aliphatic heterocycles. The van der Waals surface area contributed by atoms with Gasteiger partial charge in [0.05, 0.1) is 28.3 Å². The maximum Gasteiger partial charge on any atom is 0.229 e. The van der Waals surface area contributed by atoms with E-state index in [0.717, 1.165) is 45.9 Å². The Morgan fingerprint density at radius 1 is 1.16 bits per heavy atom. The van der Waals surface area contributed by atoms with Crippen molar-refractivity contribution in [3.8, 4) is 0 Å². The smallest absolute Gasteiger partial charge is 0.229 e. The molecular weight excluding hydrogens is 422 g/mol. The molecule has 0 amide bonds. The Hall–Kier alpha value is -3.66. The van der Waals surface area contributed by atoms with Crippen LogP contribution in [0.3, 0.4) is 0 Å².